The van der Waals surface area contributed by atoms with Crippen LogP contribution in [0.2, 0.25) is 0 Å². The number of rotatable bonds is 3. The van der Waals surface area contributed by atoms with Crippen molar-refractivity contribution in [1.82, 2.24) is 5.32 Å². The zero-order valence-electron chi connectivity index (χ0n) is 18.7. The normalized spacial score (nSPS) is 18.0. The molecule has 36 heavy (non-hydrogen) atoms. The summed E-state index contributed by atoms with van der Waals surface area (Å²) in [6.45, 7) is 0. The number of benzene rings is 2. The quantitative estimate of drug-likeness (QED) is 0.619. The summed E-state index contributed by atoms with van der Waals surface area (Å²) in [5.74, 6) is -0.389. The Morgan fingerprint density at radius 1 is 1.17 bits per heavy atom. The predicted octanol–water partition coefficient (Wildman–Crippen LogP) is 4.00. The fraction of sp³-hybridized carbons (Fsp3) is 0.250. The molecule has 1 saturated heterocycles. The highest BCUT2D eigenvalue weighted by atomic mass is 32.1. The van der Waals surface area contributed by atoms with Gasteiger partial charge in [0, 0.05) is 18.8 Å². The fourth-order valence-electron chi connectivity index (χ4n) is 4.51. The second-order valence-electron chi connectivity index (χ2n) is 8.40. The SMILES string of the molecule is CNC(=O)C1=COc2cc(N3C(=S)N(c4ccc(C#N)c(C(F)(F)F)c4)C(=O)C34CCC4)ccc2O1. The van der Waals surface area contributed by atoms with Crippen LogP contribution in [0, 0.1) is 11.3 Å². The third-order valence-corrected chi connectivity index (χ3v) is 6.79. The van der Waals surface area contributed by atoms with Gasteiger partial charge in [-0.2, -0.15) is 18.4 Å². The Hall–Kier alpha value is -4.11. The third-order valence-electron chi connectivity index (χ3n) is 6.43. The van der Waals surface area contributed by atoms with Gasteiger partial charge in [0.15, 0.2) is 16.6 Å². The van der Waals surface area contributed by atoms with Crippen molar-refractivity contribution in [2.45, 2.75) is 31.0 Å². The molecule has 12 heteroatoms. The predicted molar refractivity (Wildman–Crippen MR) is 125 cm³/mol. The molecular weight excluding hydrogens is 497 g/mol. The van der Waals surface area contributed by atoms with Gasteiger partial charge in [-0.05, 0) is 61.8 Å². The van der Waals surface area contributed by atoms with Gasteiger partial charge < -0.3 is 19.7 Å². The average molecular weight is 514 g/mol. The summed E-state index contributed by atoms with van der Waals surface area (Å²) in [7, 11) is 1.45. The highest BCUT2D eigenvalue weighted by Gasteiger charge is 2.59. The molecular formula is C24H17F3N4O4S. The van der Waals surface area contributed by atoms with Gasteiger partial charge in [-0.3, -0.25) is 14.5 Å². The van der Waals surface area contributed by atoms with E-state index in [-0.39, 0.29) is 28.1 Å². The van der Waals surface area contributed by atoms with E-state index in [1.807, 2.05) is 0 Å². The van der Waals surface area contributed by atoms with E-state index in [4.69, 9.17) is 27.0 Å². The molecule has 3 aliphatic rings. The number of hydrogen-bond donors (Lipinski definition) is 1. The van der Waals surface area contributed by atoms with Crippen LogP contribution in [0.15, 0.2) is 48.4 Å². The lowest BCUT2D eigenvalue weighted by Gasteiger charge is -2.43. The number of carbonyl (C=O) groups is 2. The molecule has 1 spiro atoms. The summed E-state index contributed by atoms with van der Waals surface area (Å²) in [5, 5.41) is 11.5. The van der Waals surface area contributed by atoms with Crippen LogP contribution in [0.25, 0.3) is 0 Å². The minimum Gasteiger partial charge on any atom is -0.457 e. The number of nitrogens with one attached hydrogen (secondary N) is 1. The first-order valence-electron chi connectivity index (χ1n) is 10.8. The molecule has 2 aliphatic heterocycles. The highest BCUT2D eigenvalue weighted by molar-refractivity contribution is 7.81. The van der Waals surface area contributed by atoms with E-state index in [0.717, 1.165) is 29.7 Å². The smallest absolute Gasteiger partial charge is 0.417 e. The molecule has 1 N–H and O–H groups in total. The van der Waals surface area contributed by atoms with Crippen molar-refractivity contribution >= 4 is 40.5 Å². The maximum absolute atomic E-state index is 13.6. The maximum atomic E-state index is 13.6. The van der Waals surface area contributed by atoms with Gasteiger partial charge in [0.25, 0.3) is 11.8 Å². The van der Waals surface area contributed by atoms with Gasteiger partial charge >= 0.3 is 6.18 Å². The summed E-state index contributed by atoms with van der Waals surface area (Å²) < 4.78 is 51.8. The lowest BCUT2D eigenvalue weighted by atomic mass is 9.75. The number of halogens is 3. The lowest BCUT2D eigenvalue weighted by Crippen LogP contribution is -2.55. The summed E-state index contributed by atoms with van der Waals surface area (Å²) in [6.07, 6.45) is -1.97. The van der Waals surface area contributed by atoms with Gasteiger partial charge in [-0.1, -0.05) is 0 Å². The molecule has 2 aromatic carbocycles. The van der Waals surface area contributed by atoms with E-state index in [2.05, 4.69) is 5.32 Å². The van der Waals surface area contributed by atoms with Crippen molar-refractivity contribution in [2.75, 3.05) is 16.8 Å². The summed E-state index contributed by atoms with van der Waals surface area (Å²) in [5.41, 5.74) is -2.32. The van der Waals surface area contributed by atoms with Gasteiger partial charge in [-0.25, -0.2) is 0 Å². The van der Waals surface area contributed by atoms with Crippen molar-refractivity contribution < 1.29 is 32.2 Å². The Kier molecular flexibility index (Phi) is 5.40. The highest BCUT2D eigenvalue weighted by Crippen LogP contribution is 2.49. The topological polar surface area (TPSA) is 94.9 Å². The number of fused-ring (bicyclic) bond motifs is 1. The standard InChI is InChI=1S/C24H17F3N4O4S/c1-29-20(32)19-12-34-18-10-15(5-6-17(18)35-19)31-22(36)30(21(33)23(31)7-2-8-23)14-4-3-13(11-28)16(9-14)24(25,26)27/h3-6,9-10,12H,2,7-8H2,1H3,(H,29,32). The summed E-state index contributed by atoms with van der Waals surface area (Å²) in [6, 6.07) is 9.41. The molecule has 1 aliphatic carbocycles. The molecule has 2 fully saturated rings. The number of ether oxygens (including phenoxy) is 2. The number of nitrogens with zero attached hydrogens (tertiary/aromatic N) is 3. The molecule has 0 bridgehead atoms. The molecule has 2 aromatic rings. The average Bonchev–Trinajstić information content (AvgIpc) is 3.08. The van der Waals surface area contributed by atoms with Crippen LogP contribution in [0.5, 0.6) is 11.5 Å². The second kappa shape index (κ2) is 8.23. The Balaban J connectivity index is 1.53. The largest absolute Gasteiger partial charge is 0.457 e. The molecule has 0 aromatic heterocycles. The maximum Gasteiger partial charge on any atom is 0.417 e. The number of amides is 2. The molecule has 0 unspecified atom stereocenters. The van der Waals surface area contributed by atoms with Gasteiger partial charge in [0.1, 0.15) is 11.8 Å². The number of nitriles is 1. The number of alkyl halides is 3. The van der Waals surface area contributed by atoms with Crippen molar-refractivity contribution in [3.63, 3.8) is 0 Å². The Bertz CT molecular complexity index is 1390. The fourth-order valence-corrected chi connectivity index (χ4v) is 4.97. The summed E-state index contributed by atoms with van der Waals surface area (Å²) in [4.78, 5) is 28.1. The van der Waals surface area contributed by atoms with Crippen LogP contribution >= 0.6 is 12.2 Å². The van der Waals surface area contributed by atoms with E-state index in [1.54, 1.807) is 23.1 Å². The van der Waals surface area contributed by atoms with Crippen LogP contribution < -0.4 is 24.6 Å². The van der Waals surface area contributed by atoms with Crippen molar-refractivity contribution in [3.05, 3.63) is 59.5 Å². The minimum atomic E-state index is -4.78. The van der Waals surface area contributed by atoms with Crippen LogP contribution in [0.1, 0.15) is 30.4 Å². The Labute approximate surface area is 208 Å². The van der Waals surface area contributed by atoms with E-state index in [1.165, 1.54) is 19.2 Å². The zero-order chi connectivity index (χ0) is 25.8. The first-order chi connectivity index (χ1) is 17.1. The van der Waals surface area contributed by atoms with Gasteiger partial charge in [0.2, 0.25) is 5.76 Å². The van der Waals surface area contributed by atoms with Crippen molar-refractivity contribution in [2.24, 2.45) is 0 Å². The van der Waals surface area contributed by atoms with E-state index in [0.29, 0.717) is 18.5 Å². The zero-order valence-corrected chi connectivity index (χ0v) is 19.5. The van der Waals surface area contributed by atoms with Crippen LogP contribution in [0.4, 0.5) is 24.5 Å². The van der Waals surface area contributed by atoms with Crippen LogP contribution in [-0.4, -0.2) is 29.5 Å². The first-order valence-corrected chi connectivity index (χ1v) is 11.2. The van der Waals surface area contributed by atoms with Crippen LogP contribution in [0.3, 0.4) is 0 Å². The van der Waals surface area contributed by atoms with Gasteiger partial charge in [-0.15, -0.1) is 0 Å². The third kappa shape index (κ3) is 3.46. The number of hydrogen-bond acceptors (Lipinski definition) is 6. The second-order valence-corrected chi connectivity index (χ2v) is 8.76. The number of carbonyl (C=O) groups excluding carboxylic acids is 2. The van der Waals surface area contributed by atoms with Crippen molar-refractivity contribution in [1.29, 1.82) is 5.26 Å². The molecule has 0 radical (unpaired) electrons. The van der Waals surface area contributed by atoms with E-state index in [9.17, 15) is 22.8 Å². The molecule has 1 saturated carbocycles. The molecule has 8 nitrogen and oxygen atoms in total. The number of thiocarbonyl (C=S) groups is 1. The lowest BCUT2D eigenvalue weighted by molar-refractivity contribution is -0.137. The number of anilines is 2. The van der Waals surface area contributed by atoms with Crippen LogP contribution in [-0.2, 0) is 15.8 Å². The van der Waals surface area contributed by atoms with E-state index < -0.39 is 34.7 Å². The van der Waals surface area contributed by atoms with E-state index >= 15 is 0 Å². The Morgan fingerprint density at radius 3 is 2.50 bits per heavy atom. The molecule has 184 valence electrons. The molecule has 2 amide bonds. The monoisotopic (exact) mass is 514 g/mol. The molecule has 5 rings (SSSR count). The molecule has 0 atom stereocenters. The minimum absolute atomic E-state index is 0.0100. The summed E-state index contributed by atoms with van der Waals surface area (Å²) >= 11 is 5.62. The van der Waals surface area contributed by atoms with Crippen molar-refractivity contribution in [3.8, 4) is 17.6 Å². The Morgan fingerprint density at radius 2 is 1.89 bits per heavy atom. The first kappa shape index (κ1) is 23.6. The van der Waals surface area contributed by atoms with Gasteiger partial charge in [0.05, 0.1) is 22.9 Å². The molecule has 2 heterocycles. The number of likely N-dealkylation sites (N-methyl/N-ethyl adjacent to an activating group) is 1.